The van der Waals surface area contributed by atoms with Crippen molar-refractivity contribution in [2.75, 3.05) is 0 Å². The van der Waals surface area contributed by atoms with Gasteiger partial charge in [0.05, 0.1) is 11.9 Å². The van der Waals surface area contributed by atoms with Crippen LogP contribution in [0, 0.1) is 0 Å². The number of hydrogen-bond donors (Lipinski definition) is 0. The Bertz CT molecular complexity index is 607. The van der Waals surface area contributed by atoms with Gasteiger partial charge in [0.1, 0.15) is 0 Å². The van der Waals surface area contributed by atoms with Gasteiger partial charge >= 0.3 is 0 Å². The molecule has 0 atom stereocenters. The molecule has 0 aliphatic heterocycles. The highest BCUT2D eigenvalue weighted by Crippen LogP contribution is 2.31. The van der Waals surface area contributed by atoms with Crippen molar-refractivity contribution in [3.63, 3.8) is 0 Å². The number of aromatic carboxylic acids is 2. The summed E-state index contributed by atoms with van der Waals surface area (Å²) in [4.78, 5) is 21.5. The molecule has 0 unspecified atom stereocenters. The monoisotopic (exact) mass is 282 g/mol. The Morgan fingerprint density at radius 3 is 1.24 bits per heavy atom. The smallest absolute Gasteiger partial charge is 0.0715 e. The molecule has 4 nitrogen and oxygen atoms in total. The van der Waals surface area contributed by atoms with Crippen molar-refractivity contribution < 1.29 is 19.8 Å². The summed E-state index contributed by atoms with van der Waals surface area (Å²) in [7, 11) is 0. The summed E-state index contributed by atoms with van der Waals surface area (Å²) in [5, 5.41) is 21.5. The van der Waals surface area contributed by atoms with E-state index in [1.54, 1.807) is 24.3 Å². The molecule has 0 heterocycles. The first-order valence-electron chi connectivity index (χ1n) is 6.46. The van der Waals surface area contributed by atoms with Gasteiger partial charge in [0.25, 0.3) is 0 Å². The Labute approximate surface area is 122 Å². The Hall–Kier alpha value is -2.62. The molecule has 0 aliphatic carbocycles. The highest BCUT2D eigenvalue weighted by atomic mass is 16.4. The first-order chi connectivity index (χ1) is 9.82. The molecule has 0 saturated carbocycles. The summed E-state index contributed by atoms with van der Waals surface area (Å²) in [6.45, 7) is 3.96. The van der Waals surface area contributed by atoms with Gasteiger partial charge in [0, 0.05) is 5.41 Å². The average molecular weight is 282 g/mol. The third-order valence-electron chi connectivity index (χ3n) is 3.68. The number of carbonyl (C=O) groups is 2. The molecule has 2 aromatic carbocycles. The van der Waals surface area contributed by atoms with Crippen molar-refractivity contribution in [1.82, 2.24) is 0 Å². The van der Waals surface area contributed by atoms with Gasteiger partial charge in [-0.15, -0.1) is 0 Å². The minimum Gasteiger partial charge on any atom is -0.545 e. The minimum absolute atomic E-state index is 0.127. The van der Waals surface area contributed by atoms with Crippen LogP contribution in [0.2, 0.25) is 0 Å². The fraction of sp³-hybridized carbons (Fsp3) is 0.176. The molecule has 4 heteroatoms. The predicted octanol–water partition coefficient (Wildman–Crippen LogP) is 0.739. The van der Waals surface area contributed by atoms with Crippen molar-refractivity contribution in [2.24, 2.45) is 0 Å². The summed E-state index contributed by atoms with van der Waals surface area (Å²) in [6.07, 6.45) is 0. The van der Waals surface area contributed by atoms with Crippen molar-refractivity contribution in [3.8, 4) is 0 Å². The van der Waals surface area contributed by atoms with Crippen LogP contribution in [-0.4, -0.2) is 11.9 Å². The summed E-state index contributed by atoms with van der Waals surface area (Å²) >= 11 is 0. The first-order valence-corrected chi connectivity index (χ1v) is 6.46. The van der Waals surface area contributed by atoms with E-state index in [4.69, 9.17) is 0 Å². The number of carboxylic acids is 2. The predicted molar refractivity (Wildman–Crippen MR) is 73.7 cm³/mol. The van der Waals surface area contributed by atoms with Gasteiger partial charge in [-0.25, -0.2) is 0 Å². The SMILES string of the molecule is CC(C)(c1ccc(C(=O)[O-])cc1)c1ccc(C(=O)[O-])cc1. The van der Waals surface area contributed by atoms with Crippen molar-refractivity contribution in [1.29, 1.82) is 0 Å². The molecule has 0 spiro atoms. The molecule has 0 aliphatic rings. The lowest BCUT2D eigenvalue weighted by Gasteiger charge is -2.26. The maximum absolute atomic E-state index is 10.8. The van der Waals surface area contributed by atoms with Gasteiger partial charge in [-0.1, -0.05) is 62.4 Å². The van der Waals surface area contributed by atoms with Gasteiger partial charge in [-0.3, -0.25) is 0 Å². The second-order valence-corrected chi connectivity index (χ2v) is 5.35. The number of rotatable bonds is 4. The van der Waals surface area contributed by atoms with E-state index in [1.165, 1.54) is 24.3 Å². The quantitative estimate of drug-likeness (QED) is 0.828. The van der Waals surface area contributed by atoms with Crippen molar-refractivity contribution in [2.45, 2.75) is 19.3 Å². The molecule has 0 radical (unpaired) electrons. The largest absolute Gasteiger partial charge is 0.545 e. The van der Waals surface area contributed by atoms with E-state index in [2.05, 4.69) is 0 Å². The van der Waals surface area contributed by atoms with E-state index in [9.17, 15) is 19.8 Å². The zero-order valence-corrected chi connectivity index (χ0v) is 11.8. The van der Waals surface area contributed by atoms with E-state index < -0.39 is 11.9 Å². The zero-order valence-electron chi connectivity index (χ0n) is 11.8. The van der Waals surface area contributed by atoms with E-state index in [0.29, 0.717) is 0 Å². The van der Waals surface area contributed by atoms with Crippen LogP contribution in [0.3, 0.4) is 0 Å². The van der Waals surface area contributed by atoms with Crippen LogP contribution >= 0.6 is 0 Å². The standard InChI is InChI=1S/C17H16O4/c1-17(2,13-7-3-11(4-8-13)15(18)19)14-9-5-12(6-10-14)16(20)21/h3-10H,1-2H3,(H,18,19)(H,20,21)/p-2. The summed E-state index contributed by atoms with van der Waals surface area (Å²) in [6, 6.07) is 12.9. The summed E-state index contributed by atoms with van der Waals surface area (Å²) < 4.78 is 0. The number of carbonyl (C=O) groups excluding carboxylic acids is 2. The van der Waals surface area contributed by atoms with Crippen LogP contribution in [0.1, 0.15) is 45.7 Å². The van der Waals surface area contributed by atoms with Crippen LogP contribution in [-0.2, 0) is 5.41 Å². The van der Waals surface area contributed by atoms with E-state index in [0.717, 1.165) is 11.1 Å². The van der Waals surface area contributed by atoms with E-state index >= 15 is 0 Å². The van der Waals surface area contributed by atoms with Crippen molar-refractivity contribution >= 4 is 11.9 Å². The van der Waals surface area contributed by atoms with E-state index in [1.807, 2.05) is 13.8 Å². The fourth-order valence-corrected chi connectivity index (χ4v) is 2.21. The van der Waals surface area contributed by atoms with Crippen LogP contribution < -0.4 is 10.2 Å². The molecular formula is C17H14O4-2. The lowest BCUT2D eigenvalue weighted by atomic mass is 9.78. The average Bonchev–Trinajstić information content (AvgIpc) is 2.47. The highest BCUT2D eigenvalue weighted by Gasteiger charge is 2.22. The minimum atomic E-state index is -1.21. The fourth-order valence-electron chi connectivity index (χ4n) is 2.21. The Balaban J connectivity index is 2.36. The van der Waals surface area contributed by atoms with Gasteiger partial charge in [0.15, 0.2) is 0 Å². The third kappa shape index (κ3) is 2.94. The number of hydrogen-bond acceptors (Lipinski definition) is 4. The molecule has 0 N–H and O–H groups in total. The van der Waals surface area contributed by atoms with Crippen LogP contribution in [0.4, 0.5) is 0 Å². The molecule has 2 rings (SSSR count). The molecule has 0 bridgehead atoms. The topological polar surface area (TPSA) is 80.3 Å². The second-order valence-electron chi connectivity index (χ2n) is 5.35. The summed E-state index contributed by atoms with van der Waals surface area (Å²) in [5.74, 6) is -2.42. The lowest BCUT2D eigenvalue weighted by Crippen LogP contribution is -2.24. The molecule has 0 amide bonds. The lowest BCUT2D eigenvalue weighted by molar-refractivity contribution is -0.256. The number of carboxylic acid groups (broad SMARTS) is 2. The van der Waals surface area contributed by atoms with Crippen LogP contribution in [0.5, 0.6) is 0 Å². The van der Waals surface area contributed by atoms with Crippen molar-refractivity contribution in [3.05, 3.63) is 70.8 Å². The Morgan fingerprint density at radius 1 is 0.714 bits per heavy atom. The van der Waals surface area contributed by atoms with Gasteiger partial charge in [-0.05, 0) is 22.3 Å². The molecule has 0 saturated heterocycles. The molecule has 2 aromatic rings. The van der Waals surface area contributed by atoms with Gasteiger partial charge in [0.2, 0.25) is 0 Å². The molecule has 0 fully saturated rings. The second kappa shape index (κ2) is 5.40. The number of benzene rings is 2. The van der Waals surface area contributed by atoms with Crippen LogP contribution in [0.25, 0.3) is 0 Å². The third-order valence-corrected chi connectivity index (χ3v) is 3.68. The molecule has 21 heavy (non-hydrogen) atoms. The Kier molecular flexibility index (Phi) is 3.80. The maximum Gasteiger partial charge on any atom is 0.0715 e. The summed E-state index contributed by atoms with van der Waals surface area (Å²) in [5.41, 5.74) is 1.72. The van der Waals surface area contributed by atoms with Gasteiger partial charge < -0.3 is 19.8 Å². The maximum atomic E-state index is 10.8. The zero-order chi connectivity index (χ0) is 15.6. The normalized spacial score (nSPS) is 11.1. The van der Waals surface area contributed by atoms with Gasteiger partial charge in [-0.2, -0.15) is 0 Å². The van der Waals surface area contributed by atoms with Crippen LogP contribution in [0.15, 0.2) is 48.5 Å². The highest BCUT2D eigenvalue weighted by molar-refractivity contribution is 5.86. The van der Waals surface area contributed by atoms with E-state index in [-0.39, 0.29) is 16.5 Å². The molecule has 108 valence electrons. The first kappa shape index (κ1) is 14.8. The molecule has 0 aromatic heterocycles. The molecular weight excluding hydrogens is 268 g/mol. The Morgan fingerprint density at radius 2 is 1.00 bits per heavy atom.